The van der Waals surface area contributed by atoms with Crippen molar-refractivity contribution in [1.82, 2.24) is 4.98 Å². The largest absolute Gasteiger partial charge is 0.507 e. The molecule has 35 heavy (non-hydrogen) atoms. The van der Waals surface area contributed by atoms with Crippen LogP contribution in [0.4, 0.5) is 5.69 Å². The molecule has 0 atom stereocenters. The topological polar surface area (TPSA) is 49.5 Å². The van der Waals surface area contributed by atoms with Gasteiger partial charge in [0, 0.05) is 47.6 Å². The molecular weight excluding hydrogens is 432 g/mol. The number of oxazole rings is 1. The zero-order valence-electron chi connectivity index (χ0n) is 22.1. The normalized spacial score (nSPS) is 12.1. The first-order valence-corrected chi connectivity index (χ1v) is 12.1. The molecule has 0 aliphatic rings. The number of phenolic OH excluding ortho intramolecular Hbond substituents is 1. The van der Waals surface area contributed by atoms with Crippen LogP contribution in [0.5, 0.6) is 5.75 Å². The maximum atomic E-state index is 11.2. The molecule has 1 heterocycles. The monoisotopic (exact) mass is 468 g/mol. The third kappa shape index (κ3) is 4.97. The number of aromatic hydroxyl groups is 1. The molecule has 4 nitrogen and oxygen atoms in total. The summed E-state index contributed by atoms with van der Waals surface area (Å²) >= 11 is 0. The van der Waals surface area contributed by atoms with Crippen LogP contribution in [0, 0.1) is 0 Å². The van der Waals surface area contributed by atoms with Crippen molar-refractivity contribution >= 4 is 5.69 Å². The van der Waals surface area contributed by atoms with Gasteiger partial charge >= 0.3 is 0 Å². The van der Waals surface area contributed by atoms with Crippen LogP contribution in [-0.4, -0.2) is 24.2 Å². The number of hydrogen-bond donors (Lipinski definition) is 1. The Morgan fingerprint density at radius 1 is 0.714 bits per heavy atom. The molecule has 0 spiro atoms. The van der Waals surface area contributed by atoms with Crippen molar-refractivity contribution in [3.8, 4) is 39.8 Å². The van der Waals surface area contributed by atoms with Gasteiger partial charge in [-0.1, -0.05) is 84.0 Å². The van der Waals surface area contributed by atoms with Crippen LogP contribution in [0.3, 0.4) is 0 Å². The lowest BCUT2D eigenvalue weighted by molar-refractivity contribution is 0.423. The van der Waals surface area contributed by atoms with Gasteiger partial charge in [-0.2, -0.15) is 0 Å². The number of benzene rings is 3. The molecule has 0 saturated heterocycles. The van der Waals surface area contributed by atoms with Crippen molar-refractivity contribution in [2.75, 3.05) is 19.0 Å². The van der Waals surface area contributed by atoms with E-state index in [-0.39, 0.29) is 10.8 Å². The summed E-state index contributed by atoms with van der Waals surface area (Å²) in [7, 11) is 4.06. The smallest absolute Gasteiger partial charge is 0.227 e. The third-order valence-electron chi connectivity index (χ3n) is 6.29. The zero-order valence-corrected chi connectivity index (χ0v) is 22.1. The first-order valence-electron chi connectivity index (χ1n) is 12.1. The van der Waals surface area contributed by atoms with E-state index in [9.17, 15) is 5.11 Å². The van der Waals surface area contributed by atoms with E-state index in [4.69, 9.17) is 9.40 Å². The quantitative estimate of drug-likeness (QED) is 0.329. The Morgan fingerprint density at radius 2 is 1.26 bits per heavy atom. The fourth-order valence-corrected chi connectivity index (χ4v) is 4.24. The summed E-state index contributed by atoms with van der Waals surface area (Å²) < 4.78 is 6.49. The van der Waals surface area contributed by atoms with E-state index in [1.54, 1.807) is 0 Å². The summed E-state index contributed by atoms with van der Waals surface area (Å²) in [6.07, 6.45) is 0. The SMILES string of the molecule is CN(C)c1ccc(-c2nc(-c3cc(C(C)(C)C)c(O)c(C(C)(C)C)c3)oc2-c2ccccc2)cc1. The highest BCUT2D eigenvalue weighted by Gasteiger charge is 2.28. The van der Waals surface area contributed by atoms with Gasteiger partial charge in [-0.25, -0.2) is 4.98 Å². The summed E-state index contributed by atoms with van der Waals surface area (Å²) in [5.41, 5.74) is 6.07. The van der Waals surface area contributed by atoms with Crippen LogP contribution in [0.2, 0.25) is 0 Å². The summed E-state index contributed by atoms with van der Waals surface area (Å²) in [4.78, 5) is 7.09. The molecule has 0 bridgehead atoms. The van der Waals surface area contributed by atoms with Crippen LogP contribution in [-0.2, 0) is 10.8 Å². The van der Waals surface area contributed by atoms with E-state index in [2.05, 4.69) is 70.7 Å². The van der Waals surface area contributed by atoms with Gasteiger partial charge in [0.15, 0.2) is 5.76 Å². The van der Waals surface area contributed by atoms with Crippen LogP contribution >= 0.6 is 0 Å². The van der Waals surface area contributed by atoms with Gasteiger partial charge in [0.05, 0.1) is 0 Å². The Kier molecular flexibility index (Phi) is 6.27. The number of nitrogens with zero attached hydrogens (tertiary/aromatic N) is 2. The second-order valence-corrected chi connectivity index (χ2v) is 11.4. The van der Waals surface area contributed by atoms with Crippen molar-refractivity contribution in [3.05, 3.63) is 77.9 Å². The van der Waals surface area contributed by atoms with Crippen molar-refractivity contribution in [2.24, 2.45) is 0 Å². The van der Waals surface area contributed by atoms with E-state index in [1.165, 1.54) is 0 Å². The van der Waals surface area contributed by atoms with Crippen molar-refractivity contribution in [3.63, 3.8) is 0 Å². The Bertz CT molecular complexity index is 1280. The van der Waals surface area contributed by atoms with E-state index in [0.29, 0.717) is 11.6 Å². The average molecular weight is 469 g/mol. The highest BCUT2D eigenvalue weighted by atomic mass is 16.4. The molecule has 0 saturated carbocycles. The summed E-state index contributed by atoms with van der Waals surface area (Å²) in [5, 5.41) is 11.2. The molecule has 1 N–H and O–H groups in total. The summed E-state index contributed by atoms with van der Waals surface area (Å²) in [6, 6.07) is 22.5. The molecule has 0 aliphatic carbocycles. The molecule has 4 rings (SSSR count). The molecular formula is C31H36N2O2. The Balaban J connectivity index is 1.95. The predicted molar refractivity (Wildman–Crippen MR) is 146 cm³/mol. The highest BCUT2D eigenvalue weighted by molar-refractivity contribution is 5.80. The minimum atomic E-state index is -0.236. The fraction of sp³-hybridized carbons (Fsp3) is 0.323. The number of hydrogen-bond acceptors (Lipinski definition) is 4. The first kappa shape index (κ1) is 24.6. The number of aromatic nitrogens is 1. The Labute approximate surface area is 209 Å². The highest BCUT2D eigenvalue weighted by Crippen LogP contribution is 2.43. The van der Waals surface area contributed by atoms with Crippen LogP contribution in [0.15, 0.2) is 71.1 Å². The van der Waals surface area contributed by atoms with Crippen LogP contribution < -0.4 is 4.90 Å². The Morgan fingerprint density at radius 3 is 1.74 bits per heavy atom. The number of phenols is 1. The molecule has 1 aromatic heterocycles. The van der Waals surface area contributed by atoms with E-state index in [1.807, 2.05) is 56.6 Å². The second kappa shape index (κ2) is 8.92. The standard InChI is InChI=1S/C31H36N2O2/c1-30(2,3)24-18-22(19-25(27(24)34)31(4,5)6)29-32-26(20-14-16-23(17-15-20)33(7)8)28(35-29)21-12-10-9-11-13-21/h9-19,34H,1-8H3. The van der Waals surface area contributed by atoms with Gasteiger partial charge in [0.2, 0.25) is 5.89 Å². The molecule has 0 radical (unpaired) electrons. The summed E-state index contributed by atoms with van der Waals surface area (Å²) in [5.74, 6) is 1.63. The minimum absolute atomic E-state index is 0.236. The average Bonchev–Trinajstić information content (AvgIpc) is 3.24. The van der Waals surface area contributed by atoms with Crippen molar-refractivity contribution < 1.29 is 9.52 Å². The number of rotatable bonds is 4. The maximum absolute atomic E-state index is 11.2. The molecule has 0 fully saturated rings. The zero-order chi connectivity index (χ0) is 25.5. The van der Waals surface area contributed by atoms with Crippen molar-refractivity contribution in [2.45, 2.75) is 52.4 Å². The molecule has 4 aromatic rings. The lowest BCUT2D eigenvalue weighted by Crippen LogP contribution is -2.17. The molecule has 182 valence electrons. The van der Waals surface area contributed by atoms with Gasteiger partial charge in [-0.3, -0.25) is 0 Å². The first-order chi connectivity index (χ1) is 16.4. The maximum Gasteiger partial charge on any atom is 0.227 e. The lowest BCUT2D eigenvalue weighted by Gasteiger charge is -2.27. The molecule has 3 aromatic carbocycles. The second-order valence-electron chi connectivity index (χ2n) is 11.4. The van der Waals surface area contributed by atoms with Gasteiger partial charge in [-0.05, 0) is 35.1 Å². The van der Waals surface area contributed by atoms with E-state index in [0.717, 1.165) is 45.0 Å². The van der Waals surface area contributed by atoms with Gasteiger partial charge in [0.25, 0.3) is 0 Å². The van der Waals surface area contributed by atoms with Gasteiger partial charge in [-0.15, -0.1) is 0 Å². The number of anilines is 1. The lowest BCUT2D eigenvalue weighted by atomic mass is 9.78. The molecule has 0 aliphatic heterocycles. The van der Waals surface area contributed by atoms with Gasteiger partial charge < -0.3 is 14.4 Å². The minimum Gasteiger partial charge on any atom is -0.507 e. The van der Waals surface area contributed by atoms with Crippen LogP contribution in [0.25, 0.3) is 34.0 Å². The van der Waals surface area contributed by atoms with Crippen molar-refractivity contribution in [1.29, 1.82) is 0 Å². The third-order valence-corrected chi connectivity index (χ3v) is 6.29. The predicted octanol–water partition coefficient (Wildman–Crippen LogP) is 8.04. The fourth-order valence-electron chi connectivity index (χ4n) is 4.24. The summed E-state index contributed by atoms with van der Waals surface area (Å²) in [6.45, 7) is 12.7. The van der Waals surface area contributed by atoms with E-state index >= 15 is 0 Å². The Hall–Kier alpha value is -3.53. The molecule has 4 heteroatoms. The molecule has 0 amide bonds. The van der Waals surface area contributed by atoms with Gasteiger partial charge in [0.1, 0.15) is 11.4 Å². The van der Waals surface area contributed by atoms with E-state index < -0.39 is 0 Å². The molecule has 0 unspecified atom stereocenters. The van der Waals surface area contributed by atoms with Crippen LogP contribution in [0.1, 0.15) is 52.7 Å².